The predicted octanol–water partition coefficient (Wildman–Crippen LogP) is 2.21. The molecular weight excluding hydrogens is 366 g/mol. The van der Waals surface area contributed by atoms with Gasteiger partial charge in [-0.2, -0.15) is 9.40 Å². The Morgan fingerprint density at radius 1 is 1.22 bits per heavy atom. The van der Waals surface area contributed by atoms with E-state index in [9.17, 15) is 8.42 Å². The van der Waals surface area contributed by atoms with E-state index in [0.29, 0.717) is 37.8 Å². The summed E-state index contributed by atoms with van der Waals surface area (Å²) in [5, 5.41) is 12.3. The van der Waals surface area contributed by atoms with Crippen LogP contribution in [0.4, 0.5) is 0 Å². The molecule has 1 aromatic carbocycles. The minimum Gasteiger partial charge on any atom is -0.421 e. The van der Waals surface area contributed by atoms with Crippen LogP contribution in [0.15, 0.2) is 52.0 Å². The molecule has 0 aliphatic carbocycles. The van der Waals surface area contributed by atoms with Crippen molar-refractivity contribution in [3.63, 3.8) is 0 Å². The fourth-order valence-electron chi connectivity index (χ4n) is 3.26. The molecule has 1 aliphatic rings. The molecular formula is C18H21N5O3S. The van der Waals surface area contributed by atoms with Crippen molar-refractivity contribution in [2.75, 3.05) is 13.1 Å². The van der Waals surface area contributed by atoms with Gasteiger partial charge in [0.2, 0.25) is 21.8 Å². The van der Waals surface area contributed by atoms with Gasteiger partial charge in [0.25, 0.3) is 0 Å². The van der Waals surface area contributed by atoms with Gasteiger partial charge >= 0.3 is 0 Å². The Bertz CT molecular complexity index is 1010. The number of nitrogens with zero attached hydrogens (tertiary/aromatic N) is 5. The average molecular weight is 387 g/mol. The number of aromatic nitrogens is 4. The van der Waals surface area contributed by atoms with E-state index in [2.05, 4.69) is 15.3 Å². The van der Waals surface area contributed by atoms with Crippen LogP contribution in [0.3, 0.4) is 0 Å². The third kappa shape index (κ3) is 3.65. The standard InChI is InChI=1S/C18H21N5O3S/c1-2-22-13-16(11-19-22)27(24,25)23-9-8-14(12-23)10-17-20-21-18(26-17)15-6-4-3-5-7-15/h3-7,11,13-14H,2,8-10,12H2,1H3/t14-/m1/s1. The van der Waals surface area contributed by atoms with E-state index in [-0.39, 0.29) is 10.8 Å². The Morgan fingerprint density at radius 3 is 2.78 bits per heavy atom. The van der Waals surface area contributed by atoms with Crippen LogP contribution in [0.5, 0.6) is 0 Å². The number of hydrogen-bond acceptors (Lipinski definition) is 6. The van der Waals surface area contributed by atoms with Gasteiger partial charge in [-0.15, -0.1) is 10.2 Å². The molecule has 1 fully saturated rings. The van der Waals surface area contributed by atoms with Gasteiger partial charge < -0.3 is 4.42 Å². The molecule has 27 heavy (non-hydrogen) atoms. The van der Waals surface area contributed by atoms with Crippen molar-refractivity contribution in [1.29, 1.82) is 0 Å². The minimum absolute atomic E-state index is 0.157. The third-order valence-electron chi connectivity index (χ3n) is 4.77. The topological polar surface area (TPSA) is 94.1 Å². The average Bonchev–Trinajstić information content (AvgIpc) is 3.43. The van der Waals surface area contributed by atoms with Crippen molar-refractivity contribution in [2.45, 2.75) is 31.2 Å². The lowest BCUT2D eigenvalue weighted by Gasteiger charge is -2.14. The Labute approximate surface area is 157 Å². The van der Waals surface area contributed by atoms with Crippen molar-refractivity contribution >= 4 is 10.0 Å². The van der Waals surface area contributed by atoms with Crippen LogP contribution < -0.4 is 0 Å². The number of aryl methyl sites for hydroxylation is 1. The first-order valence-electron chi connectivity index (χ1n) is 8.96. The molecule has 0 unspecified atom stereocenters. The summed E-state index contributed by atoms with van der Waals surface area (Å²) in [5.41, 5.74) is 0.875. The zero-order valence-corrected chi connectivity index (χ0v) is 15.8. The second-order valence-electron chi connectivity index (χ2n) is 6.62. The zero-order chi connectivity index (χ0) is 18.9. The van der Waals surface area contributed by atoms with Gasteiger partial charge in [-0.25, -0.2) is 8.42 Å². The molecule has 4 rings (SSSR count). The maximum Gasteiger partial charge on any atom is 0.247 e. The Morgan fingerprint density at radius 2 is 2.04 bits per heavy atom. The van der Waals surface area contributed by atoms with Crippen LogP contribution in [-0.2, 0) is 23.0 Å². The van der Waals surface area contributed by atoms with Crippen LogP contribution in [0.2, 0.25) is 0 Å². The molecule has 1 aliphatic heterocycles. The number of rotatable bonds is 6. The molecule has 0 saturated carbocycles. The lowest BCUT2D eigenvalue weighted by atomic mass is 10.1. The van der Waals surface area contributed by atoms with E-state index in [1.54, 1.807) is 10.9 Å². The Hall–Kier alpha value is -2.52. The summed E-state index contributed by atoms with van der Waals surface area (Å²) in [7, 11) is -3.51. The summed E-state index contributed by atoms with van der Waals surface area (Å²) in [5.74, 6) is 1.18. The maximum atomic E-state index is 12.8. The van der Waals surface area contributed by atoms with Gasteiger partial charge in [-0.05, 0) is 31.4 Å². The van der Waals surface area contributed by atoms with Crippen molar-refractivity contribution in [3.05, 3.63) is 48.6 Å². The quantitative estimate of drug-likeness (QED) is 0.644. The zero-order valence-electron chi connectivity index (χ0n) is 15.0. The summed E-state index contributed by atoms with van der Waals surface area (Å²) in [6.07, 6.45) is 4.33. The Kier molecular flexibility index (Phi) is 4.79. The molecule has 9 heteroatoms. The van der Waals surface area contributed by atoms with Gasteiger partial charge in [0, 0.05) is 37.8 Å². The van der Waals surface area contributed by atoms with Crippen molar-refractivity contribution in [2.24, 2.45) is 5.92 Å². The van der Waals surface area contributed by atoms with Crippen LogP contribution in [-0.4, -0.2) is 45.8 Å². The summed E-state index contributed by atoms with van der Waals surface area (Å²) in [6, 6.07) is 9.59. The second-order valence-corrected chi connectivity index (χ2v) is 8.56. The lowest BCUT2D eigenvalue weighted by molar-refractivity contribution is 0.423. The molecule has 8 nitrogen and oxygen atoms in total. The van der Waals surface area contributed by atoms with E-state index in [1.165, 1.54) is 10.5 Å². The summed E-state index contributed by atoms with van der Waals surface area (Å²) in [6.45, 7) is 3.50. The monoisotopic (exact) mass is 387 g/mol. The van der Waals surface area contributed by atoms with Crippen LogP contribution in [0.25, 0.3) is 11.5 Å². The highest BCUT2D eigenvalue weighted by atomic mass is 32.2. The van der Waals surface area contributed by atoms with E-state index in [0.717, 1.165) is 12.0 Å². The number of hydrogen-bond donors (Lipinski definition) is 0. The summed E-state index contributed by atoms with van der Waals surface area (Å²) >= 11 is 0. The first kappa shape index (κ1) is 17.9. The molecule has 142 valence electrons. The first-order valence-corrected chi connectivity index (χ1v) is 10.4. The van der Waals surface area contributed by atoms with Crippen LogP contribution in [0, 0.1) is 5.92 Å². The molecule has 0 radical (unpaired) electrons. The number of sulfonamides is 1. The first-order chi connectivity index (χ1) is 13.1. The van der Waals surface area contributed by atoms with Crippen molar-refractivity contribution < 1.29 is 12.8 Å². The Balaban J connectivity index is 1.42. The molecule has 3 heterocycles. The smallest absolute Gasteiger partial charge is 0.247 e. The van der Waals surface area contributed by atoms with Gasteiger partial charge in [0.05, 0.1) is 6.20 Å². The molecule has 0 bridgehead atoms. The normalized spacial score (nSPS) is 18.2. The summed E-state index contributed by atoms with van der Waals surface area (Å²) < 4.78 is 34.4. The second kappa shape index (κ2) is 7.24. The van der Waals surface area contributed by atoms with Gasteiger partial charge in [-0.1, -0.05) is 18.2 Å². The lowest BCUT2D eigenvalue weighted by Crippen LogP contribution is -2.29. The molecule has 0 spiro atoms. The van der Waals surface area contributed by atoms with E-state index in [4.69, 9.17) is 4.42 Å². The fraction of sp³-hybridized carbons (Fsp3) is 0.389. The highest BCUT2D eigenvalue weighted by Crippen LogP contribution is 2.27. The fourth-order valence-corrected chi connectivity index (χ4v) is 4.75. The molecule has 1 saturated heterocycles. The van der Waals surface area contributed by atoms with Gasteiger partial charge in [0.15, 0.2) is 0 Å². The predicted molar refractivity (Wildman–Crippen MR) is 98.2 cm³/mol. The molecule has 0 N–H and O–H groups in total. The van der Waals surface area contributed by atoms with Gasteiger partial charge in [0.1, 0.15) is 4.90 Å². The van der Waals surface area contributed by atoms with E-state index >= 15 is 0 Å². The molecule has 1 atom stereocenters. The molecule has 0 amide bonds. The largest absolute Gasteiger partial charge is 0.421 e. The van der Waals surface area contributed by atoms with Crippen LogP contribution >= 0.6 is 0 Å². The summed E-state index contributed by atoms with van der Waals surface area (Å²) in [4.78, 5) is 0.245. The number of benzene rings is 1. The molecule has 3 aromatic rings. The van der Waals surface area contributed by atoms with Gasteiger partial charge in [-0.3, -0.25) is 4.68 Å². The van der Waals surface area contributed by atoms with E-state index in [1.807, 2.05) is 37.3 Å². The highest BCUT2D eigenvalue weighted by Gasteiger charge is 2.34. The highest BCUT2D eigenvalue weighted by molar-refractivity contribution is 7.89. The van der Waals surface area contributed by atoms with E-state index < -0.39 is 10.0 Å². The van der Waals surface area contributed by atoms with Crippen molar-refractivity contribution in [1.82, 2.24) is 24.3 Å². The molecule has 2 aromatic heterocycles. The van der Waals surface area contributed by atoms with Crippen LogP contribution in [0.1, 0.15) is 19.2 Å². The van der Waals surface area contributed by atoms with Crippen molar-refractivity contribution in [3.8, 4) is 11.5 Å². The minimum atomic E-state index is -3.51. The third-order valence-corrected chi connectivity index (χ3v) is 6.59. The SMILES string of the molecule is CCn1cc(S(=O)(=O)N2CC[C@H](Cc3nnc(-c4ccccc4)o3)C2)cn1. The maximum absolute atomic E-state index is 12.8.